The monoisotopic (exact) mass is 255 g/mol. The summed E-state index contributed by atoms with van der Waals surface area (Å²) in [7, 11) is 0. The summed E-state index contributed by atoms with van der Waals surface area (Å²) in [6.45, 7) is 1.85. The van der Waals surface area contributed by atoms with Crippen molar-refractivity contribution >= 4 is 29.0 Å². The predicted octanol–water partition coefficient (Wildman–Crippen LogP) is 2.86. The first-order valence-electron chi connectivity index (χ1n) is 4.61. The molecule has 16 heavy (non-hydrogen) atoms. The van der Waals surface area contributed by atoms with Crippen molar-refractivity contribution in [3.05, 3.63) is 35.4 Å². The summed E-state index contributed by atoms with van der Waals surface area (Å²) in [6.07, 6.45) is 0. The van der Waals surface area contributed by atoms with Crippen LogP contribution in [0.2, 0.25) is 0 Å². The Labute approximate surface area is 101 Å². The summed E-state index contributed by atoms with van der Waals surface area (Å²) in [5.41, 5.74) is 6.86. The molecule has 2 N–H and O–H groups in total. The first-order chi connectivity index (χ1) is 7.63. The molecule has 0 amide bonds. The summed E-state index contributed by atoms with van der Waals surface area (Å²) in [5.74, 6) is 1.12. The Balaban J connectivity index is 2.04. The van der Waals surface area contributed by atoms with Crippen molar-refractivity contribution in [3.8, 4) is 0 Å². The van der Waals surface area contributed by atoms with E-state index in [2.05, 4.69) is 9.36 Å². The average molecular weight is 255 g/mol. The number of rotatable bonds is 3. The summed E-state index contributed by atoms with van der Waals surface area (Å²) >= 11 is 2.89. The predicted molar refractivity (Wildman–Crippen MR) is 65.0 cm³/mol. The van der Waals surface area contributed by atoms with Crippen molar-refractivity contribution in [3.63, 3.8) is 0 Å². The highest BCUT2D eigenvalue weighted by atomic mass is 32.2. The number of aryl methyl sites for hydroxylation is 1. The second-order valence-corrected chi connectivity index (χ2v) is 5.26. The normalized spacial score (nSPS) is 10.6. The van der Waals surface area contributed by atoms with Gasteiger partial charge in [-0.2, -0.15) is 4.37 Å². The SMILES string of the molecule is Cc1nsc(SCc2cc(N)cc(F)c2)n1. The Hall–Kier alpha value is -1.14. The molecule has 84 valence electrons. The van der Waals surface area contributed by atoms with Crippen LogP contribution in [0.25, 0.3) is 0 Å². The molecule has 0 aliphatic rings. The molecule has 1 aromatic heterocycles. The molecule has 0 saturated heterocycles. The minimum Gasteiger partial charge on any atom is -0.399 e. The number of thioether (sulfide) groups is 1. The fourth-order valence-corrected chi connectivity index (χ4v) is 2.82. The van der Waals surface area contributed by atoms with Crippen LogP contribution in [0.5, 0.6) is 0 Å². The maximum atomic E-state index is 13.0. The lowest BCUT2D eigenvalue weighted by Gasteiger charge is -2.01. The van der Waals surface area contributed by atoms with Crippen LogP contribution in [-0.2, 0) is 5.75 Å². The van der Waals surface area contributed by atoms with Crippen molar-refractivity contribution in [2.24, 2.45) is 0 Å². The Morgan fingerprint density at radius 3 is 2.88 bits per heavy atom. The van der Waals surface area contributed by atoms with Gasteiger partial charge in [-0.15, -0.1) is 0 Å². The highest BCUT2D eigenvalue weighted by Gasteiger charge is 2.03. The summed E-state index contributed by atoms with van der Waals surface area (Å²) < 4.78 is 18.0. The molecule has 0 saturated carbocycles. The van der Waals surface area contributed by atoms with E-state index >= 15 is 0 Å². The number of aromatic nitrogens is 2. The van der Waals surface area contributed by atoms with Crippen LogP contribution in [0.15, 0.2) is 22.5 Å². The van der Waals surface area contributed by atoms with Gasteiger partial charge in [-0.3, -0.25) is 0 Å². The third-order valence-corrected chi connectivity index (χ3v) is 3.85. The van der Waals surface area contributed by atoms with Crippen LogP contribution < -0.4 is 5.73 Å². The molecular formula is C10H10FN3S2. The summed E-state index contributed by atoms with van der Waals surface area (Å²) in [5, 5.41) is 0. The summed E-state index contributed by atoms with van der Waals surface area (Å²) in [6, 6.07) is 4.56. The fraction of sp³-hybridized carbons (Fsp3) is 0.200. The van der Waals surface area contributed by atoms with Crippen molar-refractivity contribution in [1.29, 1.82) is 0 Å². The molecular weight excluding hydrogens is 245 g/mol. The quantitative estimate of drug-likeness (QED) is 0.677. The highest BCUT2D eigenvalue weighted by molar-refractivity contribution is 8.00. The van der Waals surface area contributed by atoms with E-state index in [0.717, 1.165) is 15.7 Å². The van der Waals surface area contributed by atoms with E-state index < -0.39 is 0 Å². The van der Waals surface area contributed by atoms with Gasteiger partial charge in [-0.1, -0.05) is 11.8 Å². The standard InChI is InChI=1S/C10H10FN3S2/c1-6-13-10(16-14-6)15-5-7-2-8(11)4-9(12)3-7/h2-4H,5,12H2,1H3. The molecule has 0 bridgehead atoms. The van der Waals surface area contributed by atoms with Crippen LogP contribution in [0.4, 0.5) is 10.1 Å². The Morgan fingerprint density at radius 1 is 1.44 bits per heavy atom. The van der Waals surface area contributed by atoms with Gasteiger partial charge in [0.15, 0.2) is 4.34 Å². The molecule has 0 aliphatic heterocycles. The van der Waals surface area contributed by atoms with Crippen LogP contribution in [-0.4, -0.2) is 9.36 Å². The van der Waals surface area contributed by atoms with Gasteiger partial charge in [0, 0.05) is 11.4 Å². The molecule has 0 atom stereocenters. The lowest BCUT2D eigenvalue weighted by Crippen LogP contribution is -1.90. The fourth-order valence-electron chi connectivity index (χ4n) is 1.24. The van der Waals surface area contributed by atoms with Crippen LogP contribution in [0, 0.1) is 12.7 Å². The van der Waals surface area contributed by atoms with Gasteiger partial charge >= 0.3 is 0 Å². The van der Waals surface area contributed by atoms with Gasteiger partial charge in [-0.25, -0.2) is 9.37 Å². The first-order valence-corrected chi connectivity index (χ1v) is 6.37. The molecule has 0 fully saturated rings. The maximum absolute atomic E-state index is 13.0. The number of benzene rings is 1. The van der Waals surface area contributed by atoms with Crippen LogP contribution in [0.1, 0.15) is 11.4 Å². The molecule has 1 aromatic carbocycles. The van der Waals surface area contributed by atoms with E-state index in [-0.39, 0.29) is 5.82 Å². The number of hydrogen-bond acceptors (Lipinski definition) is 5. The Morgan fingerprint density at radius 2 is 2.25 bits per heavy atom. The van der Waals surface area contributed by atoms with Gasteiger partial charge in [0.05, 0.1) is 0 Å². The van der Waals surface area contributed by atoms with E-state index in [1.165, 1.54) is 35.4 Å². The molecule has 1 heterocycles. The van der Waals surface area contributed by atoms with Gasteiger partial charge in [0.1, 0.15) is 11.6 Å². The van der Waals surface area contributed by atoms with E-state index in [0.29, 0.717) is 11.4 Å². The van der Waals surface area contributed by atoms with E-state index in [1.807, 2.05) is 6.92 Å². The number of halogens is 1. The minimum atomic E-state index is -0.302. The number of nitrogens with two attached hydrogens (primary N) is 1. The van der Waals surface area contributed by atoms with Gasteiger partial charge in [-0.05, 0) is 42.2 Å². The number of hydrogen-bond donors (Lipinski definition) is 1. The lowest BCUT2D eigenvalue weighted by atomic mass is 10.2. The summed E-state index contributed by atoms with van der Waals surface area (Å²) in [4.78, 5) is 4.22. The molecule has 0 unspecified atom stereocenters. The van der Waals surface area contributed by atoms with Crippen molar-refractivity contribution in [1.82, 2.24) is 9.36 Å². The van der Waals surface area contributed by atoms with Crippen LogP contribution >= 0.6 is 23.3 Å². The largest absolute Gasteiger partial charge is 0.399 e. The second-order valence-electron chi connectivity index (χ2n) is 3.29. The third kappa shape index (κ3) is 2.93. The zero-order valence-corrected chi connectivity index (χ0v) is 10.2. The average Bonchev–Trinajstić information content (AvgIpc) is 2.60. The number of anilines is 1. The molecule has 3 nitrogen and oxygen atoms in total. The molecule has 2 rings (SSSR count). The zero-order chi connectivity index (χ0) is 11.5. The Bertz CT molecular complexity index is 478. The second kappa shape index (κ2) is 4.80. The molecule has 6 heteroatoms. The van der Waals surface area contributed by atoms with Crippen molar-refractivity contribution in [2.75, 3.05) is 5.73 Å². The Kier molecular flexibility index (Phi) is 3.40. The van der Waals surface area contributed by atoms with E-state index in [9.17, 15) is 4.39 Å². The molecule has 0 aliphatic carbocycles. The van der Waals surface area contributed by atoms with Gasteiger partial charge < -0.3 is 5.73 Å². The van der Waals surface area contributed by atoms with Crippen LogP contribution in [0.3, 0.4) is 0 Å². The topological polar surface area (TPSA) is 51.8 Å². The van der Waals surface area contributed by atoms with Crippen molar-refractivity contribution < 1.29 is 4.39 Å². The lowest BCUT2D eigenvalue weighted by molar-refractivity contribution is 0.627. The molecule has 0 spiro atoms. The van der Waals surface area contributed by atoms with Crippen molar-refractivity contribution in [2.45, 2.75) is 17.0 Å². The maximum Gasteiger partial charge on any atom is 0.170 e. The highest BCUT2D eigenvalue weighted by Crippen LogP contribution is 2.25. The third-order valence-electron chi connectivity index (χ3n) is 1.85. The van der Waals surface area contributed by atoms with E-state index in [4.69, 9.17) is 5.73 Å². The number of nitrogen functional groups attached to an aromatic ring is 1. The van der Waals surface area contributed by atoms with E-state index in [1.54, 1.807) is 6.07 Å². The molecule has 0 radical (unpaired) electrons. The molecule has 2 aromatic rings. The van der Waals surface area contributed by atoms with Gasteiger partial charge in [0.2, 0.25) is 0 Å². The minimum absolute atomic E-state index is 0.302. The number of nitrogens with zero attached hydrogens (tertiary/aromatic N) is 2. The van der Waals surface area contributed by atoms with Gasteiger partial charge in [0.25, 0.3) is 0 Å². The first kappa shape index (κ1) is 11.3. The smallest absolute Gasteiger partial charge is 0.170 e. The zero-order valence-electron chi connectivity index (χ0n) is 8.61.